The van der Waals surface area contributed by atoms with E-state index in [-0.39, 0.29) is 5.56 Å². The first kappa shape index (κ1) is 12.0. The largest absolute Gasteiger partial charge is 0.417 e. The summed E-state index contributed by atoms with van der Waals surface area (Å²) in [5.41, 5.74) is -0.316. The monoisotopic (exact) mass is 302 g/mol. The number of alkyl halides is 3. The molecule has 0 atom stereocenters. The fourth-order valence-corrected chi connectivity index (χ4v) is 1.87. The highest BCUT2D eigenvalue weighted by atomic mass is 79.9. The summed E-state index contributed by atoms with van der Waals surface area (Å²) < 4.78 is 38.8. The topological polar surface area (TPSA) is 25.8 Å². The minimum absolute atomic E-state index is 0.0625. The van der Waals surface area contributed by atoms with E-state index in [9.17, 15) is 13.2 Å². The predicted octanol–water partition coefficient (Wildman–Crippen LogP) is 3.92. The van der Waals surface area contributed by atoms with Crippen molar-refractivity contribution in [2.45, 2.75) is 6.18 Å². The molecule has 2 nitrogen and oxygen atoms in total. The van der Waals surface area contributed by atoms with Crippen molar-refractivity contribution < 1.29 is 13.2 Å². The zero-order chi connectivity index (χ0) is 12.5. The molecule has 0 unspecified atom stereocenters. The van der Waals surface area contributed by atoms with Crippen molar-refractivity contribution in [2.75, 3.05) is 0 Å². The van der Waals surface area contributed by atoms with Gasteiger partial charge in [0.25, 0.3) is 0 Å². The fourth-order valence-electron chi connectivity index (χ4n) is 1.46. The van der Waals surface area contributed by atoms with Gasteiger partial charge in [-0.3, -0.25) is 0 Å². The van der Waals surface area contributed by atoms with Crippen molar-refractivity contribution in [2.24, 2.45) is 0 Å². The molecule has 2 aromatic rings. The van der Waals surface area contributed by atoms with Gasteiger partial charge in [0.05, 0.1) is 5.56 Å². The first-order valence-corrected chi connectivity index (χ1v) is 5.41. The lowest BCUT2D eigenvalue weighted by atomic mass is 10.0. The van der Waals surface area contributed by atoms with Crippen LogP contribution in [-0.4, -0.2) is 9.97 Å². The van der Waals surface area contributed by atoms with Gasteiger partial charge in [0.15, 0.2) is 0 Å². The summed E-state index contributed by atoms with van der Waals surface area (Å²) in [6, 6.07) is 5.33. The van der Waals surface area contributed by atoms with Crippen LogP contribution in [0.25, 0.3) is 11.1 Å². The molecule has 0 saturated heterocycles. The second-order valence-corrected chi connectivity index (χ2v) is 4.02. The number of hydrogen-bond donors (Lipinski definition) is 0. The molecule has 0 amide bonds. The molecule has 1 aromatic heterocycles. The fraction of sp³-hybridized carbons (Fsp3) is 0.0909. The van der Waals surface area contributed by atoms with E-state index < -0.39 is 11.7 Å². The van der Waals surface area contributed by atoms with Crippen LogP contribution in [0.1, 0.15) is 5.56 Å². The van der Waals surface area contributed by atoms with Crippen LogP contribution in [0.3, 0.4) is 0 Å². The van der Waals surface area contributed by atoms with Gasteiger partial charge in [0.2, 0.25) is 0 Å². The Labute approximate surface area is 104 Å². The van der Waals surface area contributed by atoms with Crippen LogP contribution in [-0.2, 0) is 6.18 Å². The Hall–Kier alpha value is -1.43. The van der Waals surface area contributed by atoms with Crippen LogP contribution in [0, 0.1) is 0 Å². The second kappa shape index (κ2) is 4.44. The van der Waals surface area contributed by atoms with Crippen LogP contribution in [0.4, 0.5) is 13.2 Å². The molecule has 0 spiro atoms. The average Bonchev–Trinajstić information content (AvgIpc) is 2.28. The molecular formula is C11H6BrF3N2. The smallest absolute Gasteiger partial charge is 0.244 e. The number of nitrogens with zero attached hydrogens (tertiary/aromatic N) is 2. The van der Waals surface area contributed by atoms with Gasteiger partial charge in [0.1, 0.15) is 10.9 Å². The molecule has 0 aliphatic heterocycles. The summed E-state index contributed by atoms with van der Waals surface area (Å²) in [5.74, 6) is 0. The molecule has 0 radical (unpaired) electrons. The lowest BCUT2D eigenvalue weighted by Crippen LogP contribution is -2.07. The van der Waals surface area contributed by atoms with Crippen LogP contribution in [0.5, 0.6) is 0 Å². The number of benzene rings is 1. The number of aromatic nitrogens is 2. The van der Waals surface area contributed by atoms with Crippen molar-refractivity contribution in [1.29, 1.82) is 0 Å². The quantitative estimate of drug-likeness (QED) is 0.746. The van der Waals surface area contributed by atoms with Crippen LogP contribution >= 0.6 is 15.9 Å². The van der Waals surface area contributed by atoms with E-state index in [1.807, 2.05) is 0 Å². The van der Waals surface area contributed by atoms with E-state index in [2.05, 4.69) is 25.9 Å². The van der Waals surface area contributed by atoms with Crippen molar-refractivity contribution in [3.8, 4) is 11.1 Å². The normalized spacial score (nSPS) is 11.5. The highest BCUT2D eigenvalue weighted by molar-refractivity contribution is 9.10. The minimum Gasteiger partial charge on any atom is -0.244 e. The summed E-state index contributed by atoms with van der Waals surface area (Å²) in [7, 11) is 0. The number of halogens is 4. The molecule has 88 valence electrons. The summed E-state index contributed by atoms with van der Waals surface area (Å²) in [6.07, 6.45) is -1.78. The first-order chi connectivity index (χ1) is 8.00. The van der Waals surface area contributed by atoms with Gasteiger partial charge in [-0.1, -0.05) is 18.2 Å². The van der Waals surface area contributed by atoms with Crippen molar-refractivity contribution in [3.05, 3.63) is 47.0 Å². The van der Waals surface area contributed by atoms with Gasteiger partial charge in [0, 0.05) is 11.8 Å². The highest BCUT2D eigenvalue weighted by Gasteiger charge is 2.33. The molecule has 2 rings (SSSR count). The third-order valence-electron chi connectivity index (χ3n) is 2.19. The summed E-state index contributed by atoms with van der Waals surface area (Å²) in [6.45, 7) is 0. The van der Waals surface area contributed by atoms with E-state index in [0.717, 1.165) is 6.07 Å². The SMILES string of the molecule is FC(F)(F)c1ccccc1-c1cncnc1Br. The van der Waals surface area contributed by atoms with Gasteiger partial charge < -0.3 is 0 Å². The lowest BCUT2D eigenvalue weighted by molar-refractivity contribution is -0.137. The molecule has 1 aromatic carbocycles. The van der Waals surface area contributed by atoms with E-state index >= 15 is 0 Å². The zero-order valence-corrected chi connectivity index (χ0v) is 9.96. The number of hydrogen-bond acceptors (Lipinski definition) is 2. The zero-order valence-electron chi connectivity index (χ0n) is 8.37. The molecule has 0 aliphatic carbocycles. The molecule has 0 N–H and O–H groups in total. The van der Waals surface area contributed by atoms with Gasteiger partial charge in [-0.25, -0.2) is 9.97 Å². The molecular weight excluding hydrogens is 297 g/mol. The molecule has 0 aliphatic rings. The standard InChI is InChI=1S/C11H6BrF3N2/c12-10-8(5-16-6-17-10)7-3-1-2-4-9(7)11(13,14)15/h1-6H. The van der Waals surface area contributed by atoms with Crippen LogP contribution < -0.4 is 0 Å². The van der Waals surface area contributed by atoms with Crippen molar-refractivity contribution in [3.63, 3.8) is 0 Å². The maximum atomic E-state index is 12.8. The van der Waals surface area contributed by atoms with Gasteiger partial charge in [-0.2, -0.15) is 13.2 Å². The molecule has 0 bridgehead atoms. The predicted molar refractivity (Wildman–Crippen MR) is 60.2 cm³/mol. The second-order valence-electron chi connectivity index (χ2n) is 3.27. The van der Waals surface area contributed by atoms with E-state index in [0.29, 0.717) is 10.2 Å². The Balaban J connectivity index is 2.65. The Morgan fingerprint density at radius 1 is 1.06 bits per heavy atom. The lowest BCUT2D eigenvalue weighted by Gasteiger charge is -2.12. The first-order valence-electron chi connectivity index (χ1n) is 4.62. The maximum Gasteiger partial charge on any atom is 0.417 e. The molecule has 0 fully saturated rings. The van der Waals surface area contributed by atoms with Gasteiger partial charge in [-0.05, 0) is 27.6 Å². The summed E-state index contributed by atoms with van der Waals surface area (Å²) in [5, 5.41) is 0. The van der Waals surface area contributed by atoms with Crippen molar-refractivity contribution in [1.82, 2.24) is 9.97 Å². The van der Waals surface area contributed by atoms with Gasteiger partial charge in [-0.15, -0.1) is 0 Å². The highest BCUT2D eigenvalue weighted by Crippen LogP contribution is 2.38. The Morgan fingerprint density at radius 3 is 2.41 bits per heavy atom. The summed E-state index contributed by atoms with van der Waals surface area (Å²) in [4.78, 5) is 7.55. The van der Waals surface area contributed by atoms with E-state index in [4.69, 9.17) is 0 Å². The third kappa shape index (κ3) is 2.46. The average molecular weight is 303 g/mol. The van der Waals surface area contributed by atoms with E-state index in [1.165, 1.54) is 24.7 Å². The van der Waals surface area contributed by atoms with Gasteiger partial charge >= 0.3 is 6.18 Å². The van der Waals surface area contributed by atoms with Crippen LogP contribution in [0.15, 0.2) is 41.4 Å². The molecule has 17 heavy (non-hydrogen) atoms. The Bertz CT molecular complexity index is 540. The third-order valence-corrected chi connectivity index (χ3v) is 2.82. The molecule has 1 heterocycles. The van der Waals surface area contributed by atoms with Crippen LogP contribution in [0.2, 0.25) is 0 Å². The van der Waals surface area contributed by atoms with E-state index in [1.54, 1.807) is 6.07 Å². The summed E-state index contributed by atoms with van der Waals surface area (Å²) >= 11 is 3.12. The number of rotatable bonds is 1. The molecule has 0 saturated carbocycles. The Morgan fingerprint density at radius 2 is 1.76 bits per heavy atom. The minimum atomic E-state index is -4.40. The maximum absolute atomic E-state index is 12.8. The van der Waals surface area contributed by atoms with Crippen molar-refractivity contribution >= 4 is 15.9 Å². The Kier molecular flexibility index (Phi) is 3.15. The molecule has 6 heteroatoms.